The van der Waals surface area contributed by atoms with E-state index in [0.29, 0.717) is 5.75 Å². The minimum Gasteiger partial charge on any atom is -0.454 e. The van der Waals surface area contributed by atoms with E-state index in [2.05, 4.69) is 27.9 Å². The van der Waals surface area contributed by atoms with Gasteiger partial charge >= 0.3 is 0 Å². The minimum atomic E-state index is -0.342. The van der Waals surface area contributed by atoms with E-state index in [1.165, 1.54) is 6.07 Å². The number of rotatable bonds is 5. The second-order valence-corrected chi connectivity index (χ2v) is 5.77. The fourth-order valence-electron chi connectivity index (χ4n) is 1.92. The molecule has 2 aromatic carbocycles. The SMILES string of the molecule is CCNC(C)c1ccc(Oc2ccc(I)cc2)c(F)c1. The third-order valence-electron chi connectivity index (χ3n) is 3.01. The molecule has 2 rings (SSSR count). The Balaban J connectivity index is 2.15. The van der Waals surface area contributed by atoms with Crippen molar-refractivity contribution in [2.45, 2.75) is 19.9 Å². The largest absolute Gasteiger partial charge is 0.454 e. The van der Waals surface area contributed by atoms with Crippen LogP contribution in [0.5, 0.6) is 11.5 Å². The summed E-state index contributed by atoms with van der Waals surface area (Å²) in [6.45, 7) is 4.89. The molecule has 0 heterocycles. The Morgan fingerprint density at radius 1 is 1.20 bits per heavy atom. The Kier molecular flexibility index (Phi) is 5.37. The Morgan fingerprint density at radius 3 is 2.50 bits per heavy atom. The van der Waals surface area contributed by atoms with Gasteiger partial charge in [-0.1, -0.05) is 13.0 Å². The van der Waals surface area contributed by atoms with Crippen LogP contribution in [0, 0.1) is 9.39 Å². The van der Waals surface area contributed by atoms with Crippen molar-refractivity contribution in [3.05, 3.63) is 57.4 Å². The monoisotopic (exact) mass is 385 g/mol. The van der Waals surface area contributed by atoms with Gasteiger partial charge in [0.2, 0.25) is 0 Å². The Labute approximate surface area is 132 Å². The van der Waals surface area contributed by atoms with Gasteiger partial charge in [0, 0.05) is 9.61 Å². The second-order valence-electron chi connectivity index (χ2n) is 4.53. The number of benzene rings is 2. The highest BCUT2D eigenvalue weighted by molar-refractivity contribution is 14.1. The summed E-state index contributed by atoms with van der Waals surface area (Å²) < 4.78 is 20.7. The van der Waals surface area contributed by atoms with E-state index in [4.69, 9.17) is 4.74 Å². The number of hydrogen-bond donors (Lipinski definition) is 1. The van der Waals surface area contributed by atoms with E-state index < -0.39 is 0 Å². The normalized spacial score (nSPS) is 12.2. The highest BCUT2D eigenvalue weighted by atomic mass is 127. The molecule has 1 N–H and O–H groups in total. The zero-order valence-electron chi connectivity index (χ0n) is 11.5. The molecule has 2 aromatic rings. The van der Waals surface area contributed by atoms with Gasteiger partial charge in [0.15, 0.2) is 11.6 Å². The standard InChI is InChI=1S/C16H17FINO/c1-3-19-11(2)12-4-9-16(15(17)10-12)20-14-7-5-13(18)6-8-14/h4-11,19H,3H2,1-2H3. The van der Waals surface area contributed by atoms with Crippen LogP contribution in [0.2, 0.25) is 0 Å². The van der Waals surface area contributed by atoms with Crippen molar-refractivity contribution < 1.29 is 9.13 Å². The zero-order valence-corrected chi connectivity index (χ0v) is 13.6. The van der Waals surface area contributed by atoms with Crippen LogP contribution in [0.3, 0.4) is 0 Å². The summed E-state index contributed by atoms with van der Waals surface area (Å²) >= 11 is 2.22. The maximum Gasteiger partial charge on any atom is 0.166 e. The smallest absolute Gasteiger partial charge is 0.166 e. The first-order valence-corrected chi connectivity index (χ1v) is 7.64. The van der Waals surface area contributed by atoms with E-state index in [9.17, 15) is 4.39 Å². The molecule has 0 saturated heterocycles. The summed E-state index contributed by atoms with van der Waals surface area (Å²) in [6.07, 6.45) is 0. The Morgan fingerprint density at radius 2 is 1.90 bits per heavy atom. The quantitative estimate of drug-likeness (QED) is 0.740. The van der Waals surface area contributed by atoms with E-state index in [1.807, 2.05) is 44.2 Å². The second kappa shape index (κ2) is 7.04. The van der Waals surface area contributed by atoms with Crippen LogP contribution in [0.25, 0.3) is 0 Å². The lowest BCUT2D eigenvalue weighted by Gasteiger charge is -2.14. The molecule has 0 amide bonds. The van der Waals surface area contributed by atoms with Gasteiger partial charge in [-0.2, -0.15) is 0 Å². The van der Waals surface area contributed by atoms with Crippen LogP contribution >= 0.6 is 22.6 Å². The first-order chi connectivity index (χ1) is 9.60. The van der Waals surface area contributed by atoms with Crippen molar-refractivity contribution in [1.29, 1.82) is 0 Å². The lowest BCUT2D eigenvalue weighted by Crippen LogP contribution is -2.17. The molecule has 0 radical (unpaired) electrons. The summed E-state index contributed by atoms with van der Waals surface area (Å²) in [5.41, 5.74) is 0.916. The van der Waals surface area contributed by atoms with E-state index in [0.717, 1.165) is 15.7 Å². The molecule has 0 aliphatic heterocycles. The summed E-state index contributed by atoms with van der Waals surface area (Å²) in [5.74, 6) is 0.543. The lowest BCUT2D eigenvalue weighted by atomic mass is 10.1. The fourth-order valence-corrected chi connectivity index (χ4v) is 2.28. The van der Waals surface area contributed by atoms with Crippen LogP contribution in [0.1, 0.15) is 25.5 Å². The zero-order chi connectivity index (χ0) is 14.5. The van der Waals surface area contributed by atoms with E-state index in [-0.39, 0.29) is 17.6 Å². The summed E-state index contributed by atoms with van der Waals surface area (Å²) in [6, 6.07) is 12.7. The number of ether oxygens (including phenoxy) is 1. The Bertz CT molecular complexity index is 571. The molecule has 0 bridgehead atoms. The Hall–Kier alpha value is -1.14. The average Bonchev–Trinajstić information content (AvgIpc) is 2.43. The van der Waals surface area contributed by atoms with Crippen LogP contribution in [-0.2, 0) is 0 Å². The molecule has 0 aliphatic rings. The molecule has 20 heavy (non-hydrogen) atoms. The third-order valence-corrected chi connectivity index (χ3v) is 3.73. The number of nitrogens with one attached hydrogen (secondary N) is 1. The van der Waals surface area contributed by atoms with Crippen LogP contribution in [0.15, 0.2) is 42.5 Å². The van der Waals surface area contributed by atoms with Gasteiger partial charge in [-0.3, -0.25) is 0 Å². The maximum atomic E-state index is 14.1. The van der Waals surface area contributed by atoms with E-state index in [1.54, 1.807) is 6.07 Å². The molecule has 4 heteroatoms. The lowest BCUT2D eigenvalue weighted by molar-refractivity contribution is 0.440. The van der Waals surface area contributed by atoms with Crippen LogP contribution in [-0.4, -0.2) is 6.54 Å². The van der Waals surface area contributed by atoms with Crippen molar-refractivity contribution in [2.24, 2.45) is 0 Å². The van der Waals surface area contributed by atoms with Crippen molar-refractivity contribution in [2.75, 3.05) is 6.54 Å². The number of halogens is 2. The summed E-state index contributed by atoms with van der Waals surface area (Å²) in [4.78, 5) is 0. The predicted molar refractivity (Wildman–Crippen MR) is 87.7 cm³/mol. The molecule has 0 fully saturated rings. The maximum absolute atomic E-state index is 14.1. The minimum absolute atomic E-state index is 0.127. The van der Waals surface area contributed by atoms with Crippen molar-refractivity contribution in [3.8, 4) is 11.5 Å². The van der Waals surface area contributed by atoms with Crippen LogP contribution < -0.4 is 10.1 Å². The first-order valence-electron chi connectivity index (χ1n) is 6.56. The van der Waals surface area contributed by atoms with Crippen LogP contribution in [0.4, 0.5) is 4.39 Å². The average molecular weight is 385 g/mol. The molecule has 0 spiro atoms. The third kappa shape index (κ3) is 3.93. The highest BCUT2D eigenvalue weighted by Gasteiger charge is 2.10. The van der Waals surface area contributed by atoms with Gasteiger partial charge in [0.05, 0.1) is 0 Å². The van der Waals surface area contributed by atoms with Crippen molar-refractivity contribution in [3.63, 3.8) is 0 Å². The van der Waals surface area contributed by atoms with Gasteiger partial charge < -0.3 is 10.1 Å². The molecule has 0 aliphatic carbocycles. The van der Waals surface area contributed by atoms with Crippen molar-refractivity contribution >= 4 is 22.6 Å². The van der Waals surface area contributed by atoms with Gasteiger partial charge in [-0.15, -0.1) is 0 Å². The summed E-state index contributed by atoms with van der Waals surface area (Å²) in [5, 5.41) is 3.26. The van der Waals surface area contributed by atoms with Gasteiger partial charge in [-0.05, 0) is 78.0 Å². The molecule has 2 nitrogen and oxygen atoms in total. The predicted octanol–water partition coefficient (Wildman–Crippen LogP) is 4.89. The number of hydrogen-bond acceptors (Lipinski definition) is 2. The topological polar surface area (TPSA) is 21.3 Å². The molecule has 0 aromatic heterocycles. The molecule has 106 valence electrons. The van der Waals surface area contributed by atoms with Crippen molar-refractivity contribution in [1.82, 2.24) is 5.32 Å². The highest BCUT2D eigenvalue weighted by Crippen LogP contribution is 2.27. The van der Waals surface area contributed by atoms with Gasteiger partial charge in [-0.25, -0.2) is 4.39 Å². The molecule has 1 unspecified atom stereocenters. The first kappa shape index (κ1) is 15.3. The fraction of sp³-hybridized carbons (Fsp3) is 0.250. The molecular formula is C16H17FINO. The molecule has 0 saturated carbocycles. The summed E-state index contributed by atoms with van der Waals surface area (Å²) in [7, 11) is 0. The van der Waals surface area contributed by atoms with Gasteiger partial charge in [0.1, 0.15) is 5.75 Å². The molecular weight excluding hydrogens is 368 g/mol. The molecule has 1 atom stereocenters. The van der Waals surface area contributed by atoms with Gasteiger partial charge in [0.25, 0.3) is 0 Å². The van der Waals surface area contributed by atoms with E-state index >= 15 is 0 Å².